The van der Waals surface area contributed by atoms with Crippen LogP contribution in [0.4, 0.5) is 0 Å². The minimum Gasteiger partial charge on any atom is -0.463 e. The third kappa shape index (κ3) is 6.07. The number of benzene rings is 2. The highest BCUT2D eigenvalue weighted by atomic mass is 32.1. The third-order valence-electron chi connectivity index (χ3n) is 4.41. The van der Waals surface area contributed by atoms with Crippen LogP contribution in [-0.2, 0) is 9.47 Å². The molecule has 0 bridgehead atoms. The molecule has 2 aromatic carbocycles. The predicted octanol–water partition coefficient (Wildman–Crippen LogP) is 3.37. The van der Waals surface area contributed by atoms with Gasteiger partial charge in [0.05, 0.1) is 0 Å². The number of thiocarbonyl (C=S) groups is 2. The van der Waals surface area contributed by atoms with Gasteiger partial charge in [0.15, 0.2) is 0 Å². The van der Waals surface area contributed by atoms with Gasteiger partial charge < -0.3 is 9.47 Å². The minimum atomic E-state index is -0.356. The highest BCUT2D eigenvalue weighted by molar-refractivity contribution is 7.80. The number of rotatable bonds is 4. The number of amides is 2. The first-order valence-corrected chi connectivity index (χ1v) is 9.98. The Kier molecular flexibility index (Phi) is 7.26. The maximum absolute atomic E-state index is 12.2. The summed E-state index contributed by atoms with van der Waals surface area (Å²) in [5.74, 6) is -0.673. The van der Waals surface area contributed by atoms with Crippen molar-refractivity contribution in [2.75, 3.05) is 0 Å². The van der Waals surface area contributed by atoms with Crippen LogP contribution in [0.3, 0.4) is 0 Å². The average Bonchev–Trinajstić information content (AvgIpc) is 3.15. The van der Waals surface area contributed by atoms with Crippen LogP contribution in [0.2, 0.25) is 0 Å². The van der Waals surface area contributed by atoms with Crippen molar-refractivity contribution in [3.05, 3.63) is 71.8 Å². The summed E-state index contributed by atoms with van der Waals surface area (Å²) in [6.07, 6.45) is 1.57. The molecule has 1 saturated carbocycles. The van der Waals surface area contributed by atoms with Crippen LogP contribution in [0, 0.1) is 0 Å². The lowest BCUT2D eigenvalue weighted by Crippen LogP contribution is -2.40. The highest BCUT2D eigenvalue weighted by Gasteiger charge is 2.32. The Bertz CT molecular complexity index is 817. The van der Waals surface area contributed by atoms with Gasteiger partial charge in [0, 0.05) is 11.1 Å². The maximum Gasteiger partial charge on any atom is 0.264 e. The molecular formula is C21H20N2O4S2. The van der Waals surface area contributed by atoms with Gasteiger partial charge in [0.1, 0.15) is 12.2 Å². The van der Waals surface area contributed by atoms with E-state index in [1.807, 2.05) is 12.1 Å². The SMILES string of the molecule is O=C(NC(=S)OC1CCCC1OC(=S)NC(=O)c1ccccc1)c1ccccc1. The number of ether oxygens (including phenoxy) is 2. The Morgan fingerprint density at radius 1 is 0.724 bits per heavy atom. The highest BCUT2D eigenvalue weighted by Crippen LogP contribution is 2.25. The van der Waals surface area contributed by atoms with E-state index in [-0.39, 0.29) is 34.4 Å². The van der Waals surface area contributed by atoms with Crippen molar-refractivity contribution in [3.63, 3.8) is 0 Å². The molecule has 0 saturated heterocycles. The molecule has 1 fully saturated rings. The van der Waals surface area contributed by atoms with E-state index in [0.29, 0.717) is 24.0 Å². The van der Waals surface area contributed by atoms with Crippen LogP contribution >= 0.6 is 24.4 Å². The average molecular weight is 429 g/mol. The standard InChI is InChI=1S/C21H20N2O4S2/c24-18(14-8-3-1-4-9-14)22-20(28)26-16-12-7-13-17(16)27-21(29)23-19(25)15-10-5-2-6-11-15/h1-6,8-11,16-17H,7,12-13H2,(H,22,24,28)(H,23,25,29). The Morgan fingerprint density at radius 3 is 1.48 bits per heavy atom. The van der Waals surface area contributed by atoms with Crippen molar-refractivity contribution < 1.29 is 19.1 Å². The predicted molar refractivity (Wildman–Crippen MR) is 117 cm³/mol. The first-order chi connectivity index (χ1) is 14.0. The summed E-state index contributed by atoms with van der Waals surface area (Å²) < 4.78 is 11.4. The summed E-state index contributed by atoms with van der Waals surface area (Å²) >= 11 is 10.3. The van der Waals surface area contributed by atoms with E-state index in [1.54, 1.807) is 48.5 Å². The van der Waals surface area contributed by atoms with Crippen LogP contribution in [0.15, 0.2) is 60.7 Å². The van der Waals surface area contributed by atoms with Crippen molar-refractivity contribution in [1.29, 1.82) is 0 Å². The molecule has 2 aromatic rings. The number of nitrogens with one attached hydrogen (secondary N) is 2. The van der Waals surface area contributed by atoms with Crippen LogP contribution < -0.4 is 10.6 Å². The molecule has 1 aliphatic rings. The summed E-state index contributed by atoms with van der Waals surface area (Å²) in [4.78, 5) is 24.3. The quantitative estimate of drug-likeness (QED) is 0.728. The van der Waals surface area contributed by atoms with Crippen molar-refractivity contribution in [3.8, 4) is 0 Å². The van der Waals surface area contributed by atoms with Crippen molar-refractivity contribution in [2.24, 2.45) is 0 Å². The van der Waals surface area contributed by atoms with Gasteiger partial charge in [-0.15, -0.1) is 0 Å². The fraction of sp³-hybridized carbons (Fsp3) is 0.238. The molecule has 0 heterocycles. The van der Waals surface area contributed by atoms with E-state index in [0.717, 1.165) is 6.42 Å². The lowest BCUT2D eigenvalue weighted by molar-refractivity contribution is 0.0577. The third-order valence-corrected chi connectivity index (χ3v) is 4.81. The van der Waals surface area contributed by atoms with Crippen LogP contribution in [-0.4, -0.2) is 34.4 Å². The summed E-state index contributed by atoms with van der Waals surface area (Å²) in [5, 5.41) is 5.10. The molecule has 8 heteroatoms. The molecule has 2 N–H and O–H groups in total. The van der Waals surface area contributed by atoms with E-state index in [9.17, 15) is 9.59 Å². The second kappa shape index (κ2) is 10.1. The van der Waals surface area contributed by atoms with Crippen LogP contribution in [0.1, 0.15) is 40.0 Å². The molecule has 0 aliphatic heterocycles. The monoisotopic (exact) mass is 428 g/mol. The lowest BCUT2D eigenvalue weighted by Gasteiger charge is -2.23. The van der Waals surface area contributed by atoms with E-state index < -0.39 is 0 Å². The lowest BCUT2D eigenvalue weighted by atomic mass is 10.2. The molecule has 2 unspecified atom stereocenters. The molecule has 1 aliphatic carbocycles. The van der Waals surface area contributed by atoms with Gasteiger partial charge in [-0.25, -0.2) is 0 Å². The van der Waals surface area contributed by atoms with Crippen molar-refractivity contribution in [1.82, 2.24) is 10.6 Å². The van der Waals surface area contributed by atoms with Gasteiger partial charge in [-0.3, -0.25) is 20.2 Å². The van der Waals surface area contributed by atoms with Gasteiger partial charge in [-0.1, -0.05) is 36.4 Å². The molecule has 29 heavy (non-hydrogen) atoms. The molecule has 0 radical (unpaired) electrons. The van der Waals surface area contributed by atoms with Crippen LogP contribution in [0.5, 0.6) is 0 Å². The van der Waals surface area contributed by atoms with E-state index in [4.69, 9.17) is 33.9 Å². The Balaban J connectivity index is 1.49. The van der Waals surface area contributed by atoms with Crippen LogP contribution in [0.25, 0.3) is 0 Å². The Hall–Kier alpha value is -2.84. The second-order valence-electron chi connectivity index (χ2n) is 6.46. The summed E-state index contributed by atoms with van der Waals surface area (Å²) in [5.41, 5.74) is 0.977. The molecular weight excluding hydrogens is 408 g/mol. The summed E-state index contributed by atoms with van der Waals surface area (Å²) in [6, 6.07) is 17.5. The topological polar surface area (TPSA) is 76.7 Å². The van der Waals surface area contributed by atoms with Gasteiger partial charge in [0.25, 0.3) is 22.2 Å². The largest absolute Gasteiger partial charge is 0.463 e. The molecule has 150 valence electrons. The smallest absolute Gasteiger partial charge is 0.264 e. The van der Waals surface area contributed by atoms with E-state index in [2.05, 4.69) is 10.6 Å². The van der Waals surface area contributed by atoms with Crippen molar-refractivity contribution >= 4 is 46.6 Å². The van der Waals surface area contributed by atoms with Crippen molar-refractivity contribution in [2.45, 2.75) is 31.5 Å². The van der Waals surface area contributed by atoms with Gasteiger partial charge in [0.2, 0.25) is 0 Å². The first kappa shape index (κ1) is 20.9. The van der Waals surface area contributed by atoms with Gasteiger partial charge in [-0.05, 0) is 68.0 Å². The first-order valence-electron chi connectivity index (χ1n) is 9.17. The fourth-order valence-corrected chi connectivity index (χ4v) is 3.44. The number of carbonyl (C=O) groups excluding carboxylic acids is 2. The molecule has 0 aromatic heterocycles. The normalized spacial score (nSPS) is 17.8. The number of hydrogen-bond donors (Lipinski definition) is 2. The molecule has 6 nitrogen and oxygen atoms in total. The zero-order chi connectivity index (χ0) is 20.6. The summed E-state index contributed by atoms with van der Waals surface area (Å²) in [6.45, 7) is 0. The number of hydrogen-bond acceptors (Lipinski definition) is 6. The molecule has 3 rings (SSSR count). The summed E-state index contributed by atoms with van der Waals surface area (Å²) in [7, 11) is 0. The minimum absolute atomic E-state index is 0.0152. The molecule has 2 amide bonds. The number of carbonyl (C=O) groups is 2. The fourth-order valence-electron chi connectivity index (χ4n) is 3.00. The second-order valence-corrected chi connectivity index (χ2v) is 7.20. The van der Waals surface area contributed by atoms with E-state index >= 15 is 0 Å². The zero-order valence-electron chi connectivity index (χ0n) is 15.5. The molecule has 2 atom stereocenters. The van der Waals surface area contributed by atoms with E-state index in [1.165, 1.54) is 0 Å². The van der Waals surface area contributed by atoms with Gasteiger partial charge in [-0.2, -0.15) is 0 Å². The van der Waals surface area contributed by atoms with Gasteiger partial charge >= 0.3 is 0 Å². The Labute approximate surface area is 179 Å². The molecule has 0 spiro atoms. The Morgan fingerprint density at radius 2 is 1.10 bits per heavy atom. The zero-order valence-corrected chi connectivity index (χ0v) is 17.1. The maximum atomic E-state index is 12.2.